The molecule has 43 heavy (non-hydrogen) atoms. The van der Waals surface area contributed by atoms with Crippen molar-refractivity contribution in [3.05, 3.63) is 115 Å². The predicted molar refractivity (Wildman–Crippen MR) is 175 cm³/mol. The van der Waals surface area contributed by atoms with Crippen molar-refractivity contribution in [1.82, 2.24) is 15.0 Å². The molecule has 0 amide bonds. The molecule has 6 heteroatoms. The number of hydrogen-bond acceptors (Lipinski definition) is 6. The van der Waals surface area contributed by atoms with Crippen LogP contribution in [-0.4, -0.2) is 15.0 Å². The van der Waals surface area contributed by atoms with E-state index in [9.17, 15) is 0 Å². The van der Waals surface area contributed by atoms with Gasteiger partial charge in [-0.25, -0.2) is 15.0 Å². The number of hydrogen-bond donors (Lipinski definition) is 0. The molecule has 0 fully saturated rings. The van der Waals surface area contributed by atoms with Crippen LogP contribution in [0.1, 0.15) is 0 Å². The monoisotopic (exact) mass is 569 g/mol. The highest BCUT2D eigenvalue weighted by Crippen LogP contribution is 2.49. The van der Waals surface area contributed by atoms with Crippen LogP contribution >= 0.6 is 11.3 Å². The van der Waals surface area contributed by atoms with Crippen molar-refractivity contribution >= 4 is 75.4 Å². The molecule has 0 aliphatic rings. The first-order valence-corrected chi connectivity index (χ1v) is 14.9. The van der Waals surface area contributed by atoms with Gasteiger partial charge in [-0.05, 0) is 35.7 Å². The topological polar surface area (TPSA) is 65.0 Å². The Kier molecular flexibility index (Phi) is 4.54. The molecule has 4 aromatic heterocycles. The third-order valence-corrected chi connectivity index (χ3v) is 9.37. The fourth-order valence-corrected chi connectivity index (χ4v) is 7.52. The van der Waals surface area contributed by atoms with E-state index in [4.69, 9.17) is 23.8 Å². The van der Waals surface area contributed by atoms with Crippen LogP contribution in [0.25, 0.3) is 98.2 Å². The predicted octanol–water partition coefficient (Wildman–Crippen LogP) is 10.5. The van der Waals surface area contributed by atoms with Crippen molar-refractivity contribution in [3.8, 4) is 34.2 Å². The van der Waals surface area contributed by atoms with Gasteiger partial charge in [-0.3, -0.25) is 0 Å². The van der Waals surface area contributed by atoms with Crippen LogP contribution in [0, 0.1) is 0 Å². The van der Waals surface area contributed by atoms with Gasteiger partial charge in [0.2, 0.25) is 0 Å². The van der Waals surface area contributed by atoms with Gasteiger partial charge in [-0.1, -0.05) is 84.9 Å². The Hall–Kier alpha value is -5.59. The summed E-state index contributed by atoms with van der Waals surface area (Å²) in [5.41, 5.74) is 6.08. The van der Waals surface area contributed by atoms with Crippen molar-refractivity contribution in [2.45, 2.75) is 0 Å². The zero-order valence-electron chi connectivity index (χ0n) is 22.5. The summed E-state index contributed by atoms with van der Waals surface area (Å²) >= 11 is 1.75. The molecule has 0 radical (unpaired) electrons. The summed E-state index contributed by atoms with van der Waals surface area (Å²) in [7, 11) is 0. The molecule has 0 bridgehead atoms. The lowest BCUT2D eigenvalue weighted by Crippen LogP contribution is -2.00. The van der Waals surface area contributed by atoms with Crippen LogP contribution in [0.15, 0.2) is 124 Å². The maximum atomic E-state index is 6.95. The van der Waals surface area contributed by atoms with E-state index >= 15 is 0 Å². The summed E-state index contributed by atoms with van der Waals surface area (Å²) in [6, 6.07) is 39.1. The van der Waals surface area contributed by atoms with Crippen LogP contribution in [0.2, 0.25) is 0 Å². The van der Waals surface area contributed by atoms with Gasteiger partial charge in [0.25, 0.3) is 0 Å². The minimum absolute atomic E-state index is 0.603. The quantitative estimate of drug-likeness (QED) is 0.212. The molecule has 10 rings (SSSR count). The molecule has 0 unspecified atom stereocenters. The minimum atomic E-state index is 0.603. The molecule has 4 heterocycles. The minimum Gasteiger partial charge on any atom is -0.456 e. The SMILES string of the molecule is c1ccc(-c2nc(-c3ccccc3)nc(-c3cc4oc5c6ccccc6cc6oc7ccc8sc(c3)c4c8c7c65)n2)cc1. The number of aromatic nitrogens is 3. The zero-order chi connectivity index (χ0) is 28.1. The average molecular weight is 570 g/mol. The van der Waals surface area contributed by atoms with E-state index in [0.29, 0.717) is 17.5 Å². The van der Waals surface area contributed by atoms with Gasteiger partial charge >= 0.3 is 0 Å². The van der Waals surface area contributed by atoms with E-state index in [1.165, 1.54) is 10.1 Å². The highest BCUT2D eigenvalue weighted by atomic mass is 32.1. The van der Waals surface area contributed by atoms with Crippen molar-refractivity contribution in [2.75, 3.05) is 0 Å². The molecule has 0 saturated carbocycles. The Labute approximate surface area is 248 Å². The molecule has 0 spiro atoms. The van der Waals surface area contributed by atoms with Crippen molar-refractivity contribution in [2.24, 2.45) is 0 Å². The Morgan fingerprint density at radius 3 is 1.84 bits per heavy atom. The summed E-state index contributed by atoms with van der Waals surface area (Å²) in [6.45, 7) is 0. The van der Waals surface area contributed by atoms with Crippen molar-refractivity contribution in [3.63, 3.8) is 0 Å². The molecule has 10 aromatic rings. The summed E-state index contributed by atoms with van der Waals surface area (Å²) in [5, 5.41) is 6.54. The first-order valence-electron chi connectivity index (χ1n) is 14.1. The van der Waals surface area contributed by atoms with Gasteiger partial charge in [-0.15, -0.1) is 11.3 Å². The van der Waals surface area contributed by atoms with Gasteiger partial charge in [-0.2, -0.15) is 0 Å². The van der Waals surface area contributed by atoms with Gasteiger partial charge in [0.15, 0.2) is 17.5 Å². The van der Waals surface area contributed by atoms with E-state index in [2.05, 4.69) is 48.5 Å². The summed E-state index contributed by atoms with van der Waals surface area (Å²) in [5.74, 6) is 1.87. The van der Waals surface area contributed by atoms with Gasteiger partial charge < -0.3 is 8.83 Å². The van der Waals surface area contributed by atoms with E-state index in [1.807, 2.05) is 66.7 Å². The number of fused-ring (bicyclic) bond motifs is 2. The van der Waals surface area contributed by atoms with Gasteiger partial charge in [0.05, 0.1) is 5.39 Å². The smallest absolute Gasteiger partial charge is 0.164 e. The van der Waals surface area contributed by atoms with Gasteiger partial charge in [0, 0.05) is 47.6 Å². The molecular weight excluding hydrogens is 550 g/mol. The maximum absolute atomic E-state index is 6.95. The van der Waals surface area contributed by atoms with Crippen LogP contribution in [-0.2, 0) is 0 Å². The second kappa shape index (κ2) is 8.47. The van der Waals surface area contributed by atoms with Crippen LogP contribution in [0.4, 0.5) is 0 Å². The maximum Gasteiger partial charge on any atom is 0.164 e. The Morgan fingerprint density at radius 2 is 1.09 bits per heavy atom. The van der Waals surface area contributed by atoms with E-state index < -0.39 is 0 Å². The van der Waals surface area contributed by atoms with Gasteiger partial charge in [0.1, 0.15) is 22.3 Å². The van der Waals surface area contributed by atoms with Crippen LogP contribution in [0.5, 0.6) is 0 Å². The molecule has 0 aliphatic heterocycles. The Morgan fingerprint density at radius 1 is 0.442 bits per heavy atom. The fraction of sp³-hybridized carbons (Fsp3) is 0. The summed E-state index contributed by atoms with van der Waals surface area (Å²) < 4.78 is 15.7. The third-order valence-electron chi connectivity index (χ3n) is 8.27. The highest BCUT2D eigenvalue weighted by molar-refractivity contribution is 7.26. The molecule has 5 nitrogen and oxygen atoms in total. The lowest BCUT2D eigenvalue weighted by atomic mass is 10.0. The highest BCUT2D eigenvalue weighted by Gasteiger charge is 2.23. The first kappa shape index (κ1) is 23.0. The number of rotatable bonds is 3. The molecule has 0 saturated heterocycles. The Balaban J connectivity index is 1.33. The third kappa shape index (κ3) is 3.29. The van der Waals surface area contributed by atoms with Crippen molar-refractivity contribution in [1.29, 1.82) is 0 Å². The van der Waals surface area contributed by atoms with Crippen LogP contribution in [0.3, 0.4) is 0 Å². The van der Waals surface area contributed by atoms with E-state index in [0.717, 1.165) is 70.7 Å². The average Bonchev–Trinajstić information content (AvgIpc) is 3.58. The molecular formula is C37H19N3O2S. The van der Waals surface area contributed by atoms with E-state index in [-0.39, 0.29) is 0 Å². The number of nitrogens with zero attached hydrogens (tertiary/aromatic N) is 3. The second-order valence-electron chi connectivity index (χ2n) is 10.8. The lowest BCUT2D eigenvalue weighted by molar-refractivity contribution is 0.660. The molecule has 0 N–H and O–H groups in total. The molecule has 6 aromatic carbocycles. The largest absolute Gasteiger partial charge is 0.456 e. The van der Waals surface area contributed by atoms with E-state index in [1.54, 1.807) is 11.3 Å². The fourth-order valence-electron chi connectivity index (χ4n) is 6.35. The summed E-state index contributed by atoms with van der Waals surface area (Å²) in [6.07, 6.45) is 0. The number of thiophene rings is 1. The number of benzene rings is 6. The second-order valence-corrected chi connectivity index (χ2v) is 11.9. The normalized spacial score (nSPS) is 12.2. The zero-order valence-corrected chi connectivity index (χ0v) is 23.4. The standard InChI is InChI=1S/C37H19N3O2S/c1-3-9-20(10-4-1)35-38-36(21-11-5-2-6-12-21)40-37(39-35)23-18-26-30-29(19-23)43-28-16-15-25-31(33(28)30)32-27(41-25)17-22-13-7-8-14-24(22)34(32)42-26/h1-19H. The Bertz CT molecular complexity index is 2610. The summed E-state index contributed by atoms with van der Waals surface area (Å²) in [4.78, 5) is 14.9. The first-order chi connectivity index (χ1) is 21.3. The lowest BCUT2D eigenvalue weighted by Gasteiger charge is -2.09. The molecule has 0 aliphatic carbocycles. The van der Waals surface area contributed by atoms with Crippen molar-refractivity contribution < 1.29 is 8.83 Å². The number of furan rings is 1. The van der Waals surface area contributed by atoms with Crippen LogP contribution < -0.4 is 0 Å². The molecule has 200 valence electrons. The molecule has 0 atom stereocenters.